The number of rotatable bonds is 6. The number of aromatic nitrogens is 4. The molecule has 214 valence electrons. The SMILES string of the molecule is N#CC(=CC1CCNCC1)C(=O)N1CCC[C@@H](n2nc(-c3ccc(Oc4ccccc4)cc3F)c3c(N)ncnc32)C1. The van der Waals surface area contributed by atoms with Crippen LogP contribution in [-0.2, 0) is 4.79 Å². The van der Waals surface area contributed by atoms with Gasteiger partial charge in [0, 0.05) is 24.7 Å². The van der Waals surface area contributed by atoms with E-state index in [0.717, 1.165) is 38.8 Å². The zero-order chi connectivity index (χ0) is 29.1. The normalized spacial score (nSPS) is 18.1. The van der Waals surface area contributed by atoms with Gasteiger partial charge in [-0.05, 0) is 69.0 Å². The van der Waals surface area contributed by atoms with Gasteiger partial charge in [-0.3, -0.25) is 4.79 Å². The Bertz CT molecular complexity index is 1670. The molecule has 2 aromatic heterocycles. The molecule has 10 nitrogen and oxygen atoms in total. The molecule has 6 rings (SSSR count). The number of allylic oxidation sites excluding steroid dienone is 1. The number of carbonyl (C=O) groups is 1. The van der Waals surface area contributed by atoms with Crippen LogP contribution in [0.4, 0.5) is 10.2 Å². The molecule has 1 amide bonds. The third kappa shape index (κ3) is 5.53. The highest BCUT2D eigenvalue weighted by atomic mass is 19.1. The van der Waals surface area contributed by atoms with Gasteiger partial charge in [0.15, 0.2) is 5.65 Å². The predicted octanol–water partition coefficient (Wildman–Crippen LogP) is 4.62. The zero-order valence-corrected chi connectivity index (χ0v) is 23.0. The number of fused-ring (bicyclic) bond motifs is 1. The number of piperidine rings is 2. The predicted molar refractivity (Wildman–Crippen MR) is 156 cm³/mol. The zero-order valence-electron chi connectivity index (χ0n) is 23.0. The first-order chi connectivity index (χ1) is 20.5. The fourth-order valence-electron chi connectivity index (χ4n) is 5.73. The molecule has 0 spiro atoms. The Kier molecular flexibility index (Phi) is 7.79. The number of halogens is 1. The number of anilines is 1. The van der Waals surface area contributed by atoms with E-state index in [4.69, 9.17) is 15.6 Å². The van der Waals surface area contributed by atoms with E-state index in [0.29, 0.717) is 41.3 Å². The van der Waals surface area contributed by atoms with Gasteiger partial charge in [0.1, 0.15) is 46.8 Å². The molecule has 3 N–H and O–H groups in total. The Morgan fingerprint density at radius 2 is 1.93 bits per heavy atom. The number of para-hydroxylation sites is 1. The van der Waals surface area contributed by atoms with E-state index in [-0.39, 0.29) is 34.8 Å². The van der Waals surface area contributed by atoms with Gasteiger partial charge in [-0.25, -0.2) is 19.0 Å². The molecule has 42 heavy (non-hydrogen) atoms. The summed E-state index contributed by atoms with van der Waals surface area (Å²) in [5.74, 6) is 0.543. The molecule has 0 unspecified atom stereocenters. The van der Waals surface area contributed by atoms with E-state index in [2.05, 4.69) is 21.4 Å². The second-order valence-electron chi connectivity index (χ2n) is 10.6. The Hall–Kier alpha value is -4.82. The fraction of sp³-hybridized carbons (Fsp3) is 0.323. The van der Waals surface area contributed by atoms with E-state index >= 15 is 4.39 Å². The molecular weight excluding hydrogens is 535 g/mol. The van der Waals surface area contributed by atoms with Gasteiger partial charge in [-0.1, -0.05) is 24.3 Å². The maximum absolute atomic E-state index is 15.5. The van der Waals surface area contributed by atoms with Crippen LogP contribution in [0.3, 0.4) is 0 Å². The number of likely N-dealkylation sites (tertiary alicyclic amines) is 1. The number of nitriles is 1. The Balaban J connectivity index is 1.29. The summed E-state index contributed by atoms with van der Waals surface area (Å²) in [5, 5.41) is 18.3. The van der Waals surface area contributed by atoms with Gasteiger partial charge in [-0.15, -0.1) is 0 Å². The average Bonchev–Trinajstić information content (AvgIpc) is 3.41. The molecule has 0 saturated carbocycles. The molecule has 2 aromatic carbocycles. The summed E-state index contributed by atoms with van der Waals surface area (Å²) < 4.78 is 23.0. The van der Waals surface area contributed by atoms with Crippen LogP contribution in [0.15, 0.2) is 66.5 Å². The molecule has 0 bridgehead atoms. The van der Waals surface area contributed by atoms with Gasteiger partial charge in [0.2, 0.25) is 0 Å². The van der Waals surface area contributed by atoms with Crippen molar-refractivity contribution in [3.63, 3.8) is 0 Å². The average molecular weight is 567 g/mol. The van der Waals surface area contributed by atoms with Crippen LogP contribution in [0.5, 0.6) is 11.5 Å². The second kappa shape index (κ2) is 12.0. The Morgan fingerprint density at radius 3 is 2.69 bits per heavy atom. The van der Waals surface area contributed by atoms with Crippen molar-refractivity contribution in [2.75, 3.05) is 31.9 Å². The first kappa shape index (κ1) is 27.4. The molecule has 2 fully saturated rings. The van der Waals surface area contributed by atoms with Crippen LogP contribution in [0.1, 0.15) is 31.7 Å². The van der Waals surface area contributed by atoms with E-state index < -0.39 is 5.82 Å². The number of nitrogen functional groups attached to an aromatic ring is 1. The summed E-state index contributed by atoms with van der Waals surface area (Å²) in [6.07, 6.45) is 6.44. The van der Waals surface area contributed by atoms with Crippen molar-refractivity contribution in [2.24, 2.45) is 5.92 Å². The van der Waals surface area contributed by atoms with Gasteiger partial charge < -0.3 is 20.7 Å². The minimum Gasteiger partial charge on any atom is -0.457 e. The van der Waals surface area contributed by atoms with Crippen LogP contribution >= 0.6 is 0 Å². The maximum Gasteiger partial charge on any atom is 0.264 e. The van der Waals surface area contributed by atoms with E-state index in [1.165, 1.54) is 12.4 Å². The monoisotopic (exact) mass is 566 g/mol. The van der Waals surface area contributed by atoms with Gasteiger partial charge in [-0.2, -0.15) is 10.4 Å². The smallest absolute Gasteiger partial charge is 0.264 e. The van der Waals surface area contributed by atoms with Crippen molar-refractivity contribution < 1.29 is 13.9 Å². The molecule has 4 heterocycles. The molecule has 0 radical (unpaired) electrons. The molecule has 2 aliphatic rings. The number of hydrogen-bond acceptors (Lipinski definition) is 8. The van der Waals surface area contributed by atoms with Crippen LogP contribution < -0.4 is 15.8 Å². The Morgan fingerprint density at radius 1 is 1.12 bits per heavy atom. The van der Waals surface area contributed by atoms with Crippen LogP contribution in [-0.4, -0.2) is 56.7 Å². The number of carbonyl (C=O) groups excluding carboxylic acids is 1. The Labute approximate surface area is 242 Å². The molecule has 11 heteroatoms. The summed E-state index contributed by atoms with van der Waals surface area (Å²) in [5.41, 5.74) is 7.48. The largest absolute Gasteiger partial charge is 0.457 e. The summed E-state index contributed by atoms with van der Waals surface area (Å²) in [6.45, 7) is 2.64. The molecule has 2 saturated heterocycles. The van der Waals surface area contributed by atoms with Crippen molar-refractivity contribution in [1.82, 2.24) is 30.0 Å². The summed E-state index contributed by atoms with van der Waals surface area (Å²) in [4.78, 5) is 23.7. The molecule has 2 aliphatic heterocycles. The van der Waals surface area contributed by atoms with Crippen molar-refractivity contribution in [2.45, 2.75) is 31.7 Å². The third-order valence-electron chi connectivity index (χ3n) is 7.86. The number of benzene rings is 2. The lowest BCUT2D eigenvalue weighted by atomic mass is 9.95. The lowest BCUT2D eigenvalue weighted by Crippen LogP contribution is -2.41. The van der Waals surface area contributed by atoms with Crippen molar-refractivity contribution in [3.8, 4) is 28.8 Å². The highest BCUT2D eigenvalue weighted by Crippen LogP contribution is 2.36. The second-order valence-corrected chi connectivity index (χ2v) is 10.6. The topological polar surface area (TPSA) is 135 Å². The van der Waals surface area contributed by atoms with Crippen molar-refractivity contribution in [3.05, 3.63) is 72.3 Å². The number of hydrogen-bond donors (Lipinski definition) is 2. The summed E-state index contributed by atoms with van der Waals surface area (Å²) in [6, 6.07) is 15.6. The number of amides is 1. The minimum absolute atomic E-state index is 0.181. The van der Waals surface area contributed by atoms with Gasteiger partial charge in [0.25, 0.3) is 5.91 Å². The van der Waals surface area contributed by atoms with Crippen LogP contribution in [0.2, 0.25) is 0 Å². The molecule has 4 aromatic rings. The van der Waals surface area contributed by atoms with Crippen LogP contribution in [0, 0.1) is 23.1 Å². The van der Waals surface area contributed by atoms with E-state index in [1.807, 2.05) is 24.3 Å². The van der Waals surface area contributed by atoms with Gasteiger partial charge in [0.05, 0.1) is 11.4 Å². The molecular formula is C31H31FN8O2. The number of nitrogens with zero attached hydrogens (tertiary/aromatic N) is 6. The third-order valence-corrected chi connectivity index (χ3v) is 7.86. The van der Waals surface area contributed by atoms with Gasteiger partial charge >= 0.3 is 0 Å². The molecule has 1 atom stereocenters. The minimum atomic E-state index is -0.527. The van der Waals surface area contributed by atoms with Crippen LogP contribution in [0.25, 0.3) is 22.3 Å². The van der Waals surface area contributed by atoms with Crippen molar-refractivity contribution >= 4 is 22.8 Å². The lowest BCUT2D eigenvalue weighted by molar-refractivity contribution is -0.128. The van der Waals surface area contributed by atoms with E-state index in [9.17, 15) is 10.1 Å². The standard InChI is InChI=1S/C31H31FN8O2/c32-26-16-24(42-23-6-2-1-3-7-23)8-9-25(26)28-27-29(34)36-19-37-30(27)40(38-28)22-5-4-14-39(18-22)31(41)21(17-33)15-20-10-12-35-13-11-20/h1-3,6-9,15-16,19-20,22,35H,4-5,10-14,18H2,(H2,34,36,37)/t22-/m1/s1. The van der Waals surface area contributed by atoms with Crippen molar-refractivity contribution in [1.29, 1.82) is 5.26 Å². The first-order valence-corrected chi connectivity index (χ1v) is 14.1. The molecule has 0 aliphatic carbocycles. The number of ether oxygens (including phenoxy) is 1. The first-order valence-electron chi connectivity index (χ1n) is 14.1. The fourth-order valence-corrected chi connectivity index (χ4v) is 5.73. The maximum atomic E-state index is 15.5. The number of nitrogens with one attached hydrogen (secondary N) is 1. The summed E-state index contributed by atoms with van der Waals surface area (Å²) in [7, 11) is 0. The highest BCUT2D eigenvalue weighted by Gasteiger charge is 2.31. The lowest BCUT2D eigenvalue weighted by Gasteiger charge is -2.33. The number of nitrogens with two attached hydrogens (primary N) is 1. The highest BCUT2D eigenvalue weighted by molar-refractivity contribution is 5.99. The van der Waals surface area contributed by atoms with E-state index in [1.54, 1.807) is 33.8 Å². The quantitative estimate of drug-likeness (QED) is 0.255. The summed E-state index contributed by atoms with van der Waals surface area (Å²) >= 11 is 0.